The first-order valence-electron chi connectivity index (χ1n) is 5.84. The predicted molar refractivity (Wildman–Crippen MR) is 76.6 cm³/mol. The molecule has 0 saturated heterocycles. The van der Waals surface area contributed by atoms with Gasteiger partial charge in [-0.25, -0.2) is 0 Å². The molecule has 0 heterocycles. The lowest BCUT2D eigenvalue weighted by Gasteiger charge is -2.16. The number of halogens is 1. The number of anilines is 1. The zero-order valence-electron chi connectivity index (χ0n) is 10.3. The lowest BCUT2D eigenvalue weighted by atomic mass is 10.1. The van der Waals surface area contributed by atoms with Crippen molar-refractivity contribution in [3.8, 4) is 0 Å². The minimum absolute atomic E-state index is 0.106. The minimum atomic E-state index is -0.375. The van der Waals surface area contributed by atoms with E-state index in [4.69, 9.17) is 11.6 Å². The summed E-state index contributed by atoms with van der Waals surface area (Å²) in [5, 5.41) is 14.8. The third-order valence-corrected chi connectivity index (χ3v) is 3.18. The van der Waals surface area contributed by atoms with Gasteiger partial charge < -0.3 is 5.32 Å². The van der Waals surface area contributed by atoms with Crippen molar-refractivity contribution >= 4 is 23.0 Å². The first kappa shape index (κ1) is 13.4. The van der Waals surface area contributed by atoms with E-state index >= 15 is 0 Å². The number of para-hydroxylation sites is 2. The molecule has 19 heavy (non-hydrogen) atoms. The number of nitro groups is 1. The van der Waals surface area contributed by atoms with Crippen LogP contribution in [0.15, 0.2) is 48.5 Å². The van der Waals surface area contributed by atoms with Crippen molar-refractivity contribution in [3.05, 3.63) is 69.2 Å². The van der Waals surface area contributed by atoms with Crippen LogP contribution >= 0.6 is 11.6 Å². The summed E-state index contributed by atoms with van der Waals surface area (Å²) in [5.41, 5.74) is 1.50. The number of rotatable bonds is 4. The molecule has 1 unspecified atom stereocenters. The van der Waals surface area contributed by atoms with E-state index < -0.39 is 0 Å². The molecule has 0 bridgehead atoms. The molecule has 0 fully saturated rings. The molecule has 4 nitrogen and oxygen atoms in total. The maximum atomic E-state index is 11.0. The van der Waals surface area contributed by atoms with Crippen LogP contribution in [0.3, 0.4) is 0 Å². The van der Waals surface area contributed by atoms with Crippen molar-refractivity contribution in [2.75, 3.05) is 5.32 Å². The van der Waals surface area contributed by atoms with Crippen LogP contribution in [0.4, 0.5) is 11.4 Å². The molecule has 2 aromatic rings. The fourth-order valence-corrected chi connectivity index (χ4v) is 2.10. The fraction of sp³-hybridized carbons (Fsp3) is 0.143. The number of benzene rings is 2. The highest BCUT2D eigenvalue weighted by Crippen LogP contribution is 2.29. The van der Waals surface area contributed by atoms with E-state index in [1.165, 1.54) is 6.07 Å². The lowest BCUT2D eigenvalue weighted by molar-refractivity contribution is -0.385. The van der Waals surface area contributed by atoms with Gasteiger partial charge >= 0.3 is 0 Å². The molecular weight excluding hydrogens is 264 g/mol. The van der Waals surface area contributed by atoms with Gasteiger partial charge in [-0.15, -0.1) is 0 Å². The topological polar surface area (TPSA) is 55.2 Å². The maximum Gasteiger partial charge on any atom is 0.274 e. The van der Waals surface area contributed by atoms with Gasteiger partial charge in [0.2, 0.25) is 0 Å². The summed E-state index contributed by atoms with van der Waals surface area (Å²) < 4.78 is 0. The molecule has 0 aromatic heterocycles. The predicted octanol–water partition coefficient (Wildman–Crippen LogP) is 4.42. The van der Waals surface area contributed by atoms with Gasteiger partial charge in [-0.2, -0.15) is 0 Å². The van der Waals surface area contributed by atoms with E-state index in [-0.39, 0.29) is 16.7 Å². The second-order valence-electron chi connectivity index (χ2n) is 4.16. The summed E-state index contributed by atoms with van der Waals surface area (Å²) in [5.74, 6) is 0. The molecule has 0 amide bonds. The van der Waals surface area contributed by atoms with Crippen LogP contribution in [0.25, 0.3) is 0 Å². The van der Waals surface area contributed by atoms with E-state index in [9.17, 15) is 10.1 Å². The number of nitrogens with one attached hydrogen (secondary N) is 1. The highest BCUT2D eigenvalue weighted by Gasteiger charge is 2.18. The summed E-state index contributed by atoms with van der Waals surface area (Å²) in [6.07, 6.45) is 0. The first-order chi connectivity index (χ1) is 9.09. The van der Waals surface area contributed by atoms with Gasteiger partial charge in [0.05, 0.1) is 27.2 Å². The van der Waals surface area contributed by atoms with Crippen LogP contribution in [0.1, 0.15) is 18.5 Å². The molecule has 2 aromatic carbocycles. The normalized spacial score (nSPS) is 11.9. The first-order valence-corrected chi connectivity index (χ1v) is 6.22. The Morgan fingerprint density at radius 1 is 1.16 bits per heavy atom. The van der Waals surface area contributed by atoms with Crippen molar-refractivity contribution in [3.63, 3.8) is 0 Å². The van der Waals surface area contributed by atoms with E-state index in [0.717, 1.165) is 5.69 Å². The average molecular weight is 277 g/mol. The van der Waals surface area contributed by atoms with Gasteiger partial charge in [0, 0.05) is 6.07 Å². The van der Waals surface area contributed by atoms with Gasteiger partial charge in [-0.3, -0.25) is 10.1 Å². The summed E-state index contributed by atoms with van der Waals surface area (Å²) in [4.78, 5) is 10.6. The monoisotopic (exact) mass is 276 g/mol. The van der Waals surface area contributed by atoms with Crippen molar-refractivity contribution < 1.29 is 4.92 Å². The molecule has 1 N–H and O–H groups in total. The van der Waals surface area contributed by atoms with Crippen LogP contribution in [-0.2, 0) is 0 Å². The van der Waals surface area contributed by atoms with Crippen molar-refractivity contribution in [2.45, 2.75) is 13.0 Å². The Bertz CT molecular complexity index is 602. The molecule has 0 aliphatic carbocycles. The number of hydrogen-bond acceptors (Lipinski definition) is 3. The van der Waals surface area contributed by atoms with Crippen LogP contribution in [0.5, 0.6) is 0 Å². The molecule has 0 aliphatic rings. The minimum Gasteiger partial charge on any atom is -0.377 e. The highest BCUT2D eigenvalue weighted by molar-refractivity contribution is 6.33. The molecule has 5 heteroatoms. The van der Waals surface area contributed by atoms with Crippen molar-refractivity contribution in [2.24, 2.45) is 0 Å². The standard InChI is InChI=1S/C14H13ClN2O2/c1-10(16-13-8-4-3-7-12(13)15)11-6-2-5-9-14(11)17(18)19/h2-10,16H,1H3. The van der Waals surface area contributed by atoms with E-state index in [2.05, 4.69) is 5.32 Å². The zero-order valence-corrected chi connectivity index (χ0v) is 11.1. The largest absolute Gasteiger partial charge is 0.377 e. The molecule has 0 spiro atoms. The van der Waals surface area contributed by atoms with Gasteiger partial charge in [0.25, 0.3) is 5.69 Å². The Labute approximate surface area is 116 Å². The quantitative estimate of drug-likeness (QED) is 0.664. The molecular formula is C14H13ClN2O2. The third kappa shape index (κ3) is 3.03. The third-order valence-electron chi connectivity index (χ3n) is 2.85. The van der Waals surface area contributed by atoms with Crippen LogP contribution in [0, 0.1) is 10.1 Å². The van der Waals surface area contributed by atoms with Gasteiger partial charge in [0.15, 0.2) is 0 Å². The molecule has 98 valence electrons. The van der Waals surface area contributed by atoms with Crippen molar-refractivity contribution in [1.29, 1.82) is 0 Å². The van der Waals surface area contributed by atoms with E-state index in [1.54, 1.807) is 24.3 Å². The smallest absolute Gasteiger partial charge is 0.274 e. The summed E-state index contributed by atoms with van der Waals surface area (Å²) >= 11 is 6.06. The molecule has 1 atom stereocenters. The number of nitro benzene ring substituents is 1. The highest BCUT2D eigenvalue weighted by atomic mass is 35.5. The van der Waals surface area contributed by atoms with E-state index in [1.807, 2.05) is 25.1 Å². The number of hydrogen-bond donors (Lipinski definition) is 1. The van der Waals surface area contributed by atoms with Crippen molar-refractivity contribution in [1.82, 2.24) is 0 Å². The van der Waals surface area contributed by atoms with Gasteiger partial charge in [-0.05, 0) is 19.1 Å². The summed E-state index contributed by atoms with van der Waals surface area (Å²) in [6, 6.07) is 13.8. The lowest BCUT2D eigenvalue weighted by Crippen LogP contribution is -2.09. The molecule has 0 radical (unpaired) electrons. The molecule has 0 aliphatic heterocycles. The van der Waals surface area contributed by atoms with Crippen LogP contribution < -0.4 is 5.32 Å². The fourth-order valence-electron chi connectivity index (χ4n) is 1.91. The SMILES string of the molecule is CC(Nc1ccccc1Cl)c1ccccc1[N+](=O)[O-]. The second kappa shape index (κ2) is 5.71. The molecule has 2 rings (SSSR count). The Balaban J connectivity index is 2.28. The van der Waals surface area contributed by atoms with Gasteiger partial charge in [-0.1, -0.05) is 41.9 Å². The Morgan fingerprint density at radius 3 is 2.47 bits per heavy atom. The van der Waals surface area contributed by atoms with Crippen LogP contribution in [0.2, 0.25) is 5.02 Å². The Kier molecular flexibility index (Phi) is 4.02. The summed E-state index contributed by atoms with van der Waals surface area (Å²) in [7, 11) is 0. The number of nitrogens with zero attached hydrogens (tertiary/aromatic N) is 1. The van der Waals surface area contributed by atoms with E-state index in [0.29, 0.717) is 10.6 Å². The molecule has 0 saturated carbocycles. The maximum absolute atomic E-state index is 11.0. The van der Waals surface area contributed by atoms with Crippen LogP contribution in [-0.4, -0.2) is 4.92 Å². The summed E-state index contributed by atoms with van der Waals surface area (Å²) in [6.45, 7) is 1.87. The Hall–Kier alpha value is -2.07. The zero-order chi connectivity index (χ0) is 13.8. The second-order valence-corrected chi connectivity index (χ2v) is 4.57. The Morgan fingerprint density at radius 2 is 1.79 bits per heavy atom. The average Bonchev–Trinajstić information content (AvgIpc) is 2.41. The van der Waals surface area contributed by atoms with Gasteiger partial charge in [0.1, 0.15) is 0 Å².